The lowest BCUT2D eigenvalue weighted by Crippen LogP contribution is -2.41. The third kappa shape index (κ3) is 3.57. The highest BCUT2D eigenvalue weighted by Crippen LogP contribution is 2.48. The summed E-state index contributed by atoms with van der Waals surface area (Å²) in [4.78, 5) is 26.0. The summed E-state index contributed by atoms with van der Waals surface area (Å²) >= 11 is 0. The van der Waals surface area contributed by atoms with Crippen LogP contribution in [-0.4, -0.2) is 44.9 Å². The van der Waals surface area contributed by atoms with E-state index in [-0.39, 0.29) is 11.9 Å². The number of amides is 2. The SMILES string of the molecule is CCCCCn1cc(CNC(=O)N2C[C@@H]3CCC[C@@]3(C(=O)O)C2)c(C)n1. The molecular formula is C19H30N4O3. The van der Waals surface area contributed by atoms with E-state index in [4.69, 9.17) is 0 Å². The first-order valence-electron chi connectivity index (χ1n) is 9.75. The minimum Gasteiger partial charge on any atom is -0.481 e. The van der Waals surface area contributed by atoms with Gasteiger partial charge in [0.15, 0.2) is 0 Å². The Balaban J connectivity index is 1.54. The van der Waals surface area contributed by atoms with Crippen LogP contribution in [0.2, 0.25) is 0 Å². The van der Waals surface area contributed by atoms with Crippen molar-refractivity contribution in [2.75, 3.05) is 13.1 Å². The van der Waals surface area contributed by atoms with Crippen LogP contribution in [0.3, 0.4) is 0 Å². The first-order chi connectivity index (χ1) is 12.5. The second-order valence-electron chi connectivity index (χ2n) is 7.80. The number of carboxylic acid groups (broad SMARTS) is 1. The Kier molecular flexibility index (Phi) is 5.53. The summed E-state index contributed by atoms with van der Waals surface area (Å²) in [6, 6.07) is -0.168. The second-order valence-corrected chi connectivity index (χ2v) is 7.80. The minimum atomic E-state index is -0.750. The van der Waals surface area contributed by atoms with Crippen LogP contribution in [0.15, 0.2) is 6.20 Å². The average molecular weight is 362 g/mol. The van der Waals surface area contributed by atoms with E-state index >= 15 is 0 Å². The van der Waals surface area contributed by atoms with Crippen molar-refractivity contribution in [3.8, 4) is 0 Å². The van der Waals surface area contributed by atoms with Gasteiger partial charge in [0, 0.05) is 37.9 Å². The van der Waals surface area contributed by atoms with Crippen LogP contribution in [0.4, 0.5) is 4.79 Å². The highest BCUT2D eigenvalue weighted by Gasteiger charge is 2.55. The maximum absolute atomic E-state index is 12.5. The van der Waals surface area contributed by atoms with E-state index in [2.05, 4.69) is 17.3 Å². The zero-order chi connectivity index (χ0) is 18.7. The van der Waals surface area contributed by atoms with E-state index in [9.17, 15) is 14.7 Å². The quantitative estimate of drug-likeness (QED) is 0.730. The van der Waals surface area contributed by atoms with Crippen molar-refractivity contribution in [1.82, 2.24) is 20.0 Å². The van der Waals surface area contributed by atoms with Crippen molar-refractivity contribution in [2.45, 2.75) is 65.5 Å². The molecule has 1 aromatic heterocycles. The Bertz CT molecular complexity index is 672. The Morgan fingerprint density at radius 1 is 1.42 bits per heavy atom. The molecule has 2 fully saturated rings. The predicted molar refractivity (Wildman–Crippen MR) is 97.7 cm³/mol. The van der Waals surface area contributed by atoms with Crippen LogP contribution in [0.25, 0.3) is 0 Å². The van der Waals surface area contributed by atoms with Crippen LogP contribution in [0, 0.1) is 18.3 Å². The molecule has 3 rings (SSSR count). The molecule has 2 heterocycles. The second kappa shape index (κ2) is 7.68. The normalized spacial score (nSPS) is 24.7. The molecule has 0 unspecified atom stereocenters. The Morgan fingerprint density at radius 3 is 2.92 bits per heavy atom. The first kappa shape index (κ1) is 18.7. The number of hydrogen-bond donors (Lipinski definition) is 2. The first-order valence-corrected chi connectivity index (χ1v) is 9.75. The maximum Gasteiger partial charge on any atom is 0.317 e. The molecule has 7 heteroatoms. The van der Waals surface area contributed by atoms with Gasteiger partial charge in [0.2, 0.25) is 0 Å². The van der Waals surface area contributed by atoms with E-state index in [1.54, 1.807) is 4.90 Å². The molecule has 26 heavy (non-hydrogen) atoms. The number of nitrogens with one attached hydrogen (secondary N) is 1. The van der Waals surface area contributed by atoms with E-state index in [1.165, 1.54) is 12.8 Å². The highest BCUT2D eigenvalue weighted by atomic mass is 16.4. The summed E-state index contributed by atoms with van der Waals surface area (Å²) in [7, 11) is 0. The summed E-state index contributed by atoms with van der Waals surface area (Å²) in [5.41, 5.74) is 1.22. The largest absolute Gasteiger partial charge is 0.481 e. The van der Waals surface area contributed by atoms with Gasteiger partial charge in [-0.3, -0.25) is 9.48 Å². The van der Waals surface area contributed by atoms with Crippen molar-refractivity contribution < 1.29 is 14.7 Å². The number of fused-ring (bicyclic) bond motifs is 1. The predicted octanol–water partition coefficient (Wildman–Crippen LogP) is 2.78. The van der Waals surface area contributed by atoms with Crippen molar-refractivity contribution >= 4 is 12.0 Å². The van der Waals surface area contributed by atoms with Gasteiger partial charge in [0.05, 0.1) is 11.1 Å². The number of aliphatic carboxylic acids is 1. The molecule has 2 atom stereocenters. The van der Waals surface area contributed by atoms with Crippen LogP contribution in [-0.2, 0) is 17.9 Å². The summed E-state index contributed by atoms with van der Waals surface area (Å²) < 4.78 is 1.95. The summed E-state index contributed by atoms with van der Waals surface area (Å²) in [6.07, 6.45) is 8.01. The fourth-order valence-electron chi connectivity index (χ4n) is 4.45. The molecule has 0 bridgehead atoms. The van der Waals surface area contributed by atoms with E-state index in [1.807, 2.05) is 17.8 Å². The molecule has 2 amide bonds. The van der Waals surface area contributed by atoms with Gasteiger partial charge < -0.3 is 15.3 Å². The smallest absolute Gasteiger partial charge is 0.317 e. The number of carbonyl (C=O) groups is 2. The van der Waals surface area contributed by atoms with Crippen molar-refractivity contribution in [3.05, 3.63) is 17.5 Å². The monoisotopic (exact) mass is 362 g/mol. The van der Waals surface area contributed by atoms with Gasteiger partial charge in [-0.05, 0) is 32.1 Å². The lowest BCUT2D eigenvalue weighted by Gasteiger charge is -2.23. The lowest BCUT2D eigenvalue weighted by molar-refractivity contribution is -0.149. The molecule has 2 N–H and O–H groups in total. The zero-order valence-electron chi connectivity index (χ0n) is 15.8. The molecule has 1 aromatic rings. The number of rotatable bonds is 7. The average Bonchev–Trinajstić information content (AvgIpc) is 3.25. The molecular weight excluding hydrogens is 332 g/mol. The molecule has 1 aliphatic heterocycles. The van der Waals surface area contributed by atoms with Crippen molar-refractivity contribution in [1.29, 1.82) is 0 Å². The highest BCUT2D eigenvalue weighted by molar-refractivity contribution is 5.80. The number of hydrogen-bond acceptors (Lipinski definition) is 3. The fraction of sp³-hybridized carbons (Fsp3) is 0.737. The number of aromatic nitrogens is 2. The Hall–Kier alpha value is -2.05. The van der Waals surface area contributed by atoms with E-state index < -0.39 is 11.4 Å². The lowest BCUT2D eigenvalue weighted by atomic mass is 9.81. The van der Waals surface area contributed by atoms with Gasteiger partial charge in [-0.15, -0.1) is 0 Å². The third-order valence-electron chi connectivity index (χ3n) is 6.05. The molecule has 1 aliphatic carbocycles. The van der Waals surface area contributed by atoms with Gasteiger partial charge in [-0.1, -0.05) is 26.2 Å². The summed E-state index contributed by atoms with van der Waals surface area (Å²) in [5.74, 6) is -0.659. The third-order valence-corrected chi connectivity index (χ3v) is 6.05. The fourth-order valence-corrected chi connectivity index (χ4v) is 4.45. The Labute approximate surface area is 154 Å². The van der Waals surface area contributed by atoms with Gasteiger partial charge in [0.1, 0.15) is 0 Å². The van der Waals surface area contributed by atoms with Crippen LogP contribution < -0.4 is 5.32 Å². The molecule has 1 saturated heterocycles. The number of urea groups is 1. The maximum atomic E-state index is 12.5. The van der Waals surface area contributed by atoms with Gasteiger partial charge in [-0.2, -0.15) is 5.10 Å². The van der Waals surface area contributed by atoms with Crippen LogP contribution >= 0.6 is 0 Å². The topological polar surface area (TPSA) is 87.5 Å². The van der Waals surface area contributed by atoms with E-state index in [0.29, 0.717) is 26.1 Å². The van der Waals surface area contributed by atoms with Crippen molar-refractivity contribution in [3.63, 3.8) is 0 Å². The molecule has 2 aliphatic rings. The number of unbranched alkanes of at least 4 members (excludes halogenated alkanes) is 2. The molecule has 0 radical (unpaired) electrons. The van der Waals surface area contributed by atoms with Crippen molar-refractivity contribution in [2.24, 2.45) is 11.3 Å². The van der Waals surface area contributed by atoms with Crippen LogP contribution in [0.5, 0.6) is 0 Å². The number of nitrogens with zero attached hydrogens (tertiary/aromatic N) is 3. The van der Waals surface area contributed by atoms with Gasteiger partial charge >= 0.3 is 12.0 Å². The molecule has 7 nitrogen and oxygen atoms in total. The molecule has 144 valence electrons. The number of carboxylic acids is 1. The number of carbonyl (C=O) groups excluding carboxylic acids is 1. The molecule has 0 spiro atoms. The Morgan fingerprint density at radius 2 is 2.23 bits per heavy atom. The van der Waals surface area contributed by atoms with E-state index in [0.717, 1.165) is 37.1 Å². The van der Waals surface area contributed by atoms with Crippen LogP contribution in [0.1, 0.15) is 56.7 Å². The van der Waals surface area contributed by atoms with Gasteiger partial charge in [0.25, 0.3) is 0 Å². The van der Waals surface area contributed by atoms with Gasteiger partial charge in [-0.25, -0.2) is 4.79 Å². The summed E-state index contributed by atoms with van der Waals surface area (Å²) in [5, 5.41) is 17.1. The standard InChI is InChI=1S/C19H30N4O3/c1-3-4-5-9-23-11-15(14(2)21-23)10-20-18(26)22-12-16-7-6-8-19(16,13-22)17(24)25/h11,16H,3-10,12-13H2,1-2H3,(H,20,26)(H,24,25)/t16-,19+/m0/s1. The number of likely N-dealkylation sites (tertiary alicyclic amines) is 1. The minimum absolute atomic E-state index is 0.0915. The molecule has 0 aromatic carbocycles. The number of aryl methyl sites for hydroxylation is 2. The zero-order valence-corrected chi connectivity index (χ0v) is 15.8. The summed E-state index contributed by atoms with van der Waals surface area (Å²) in [6.45, 7) is 6.34. The molecule has 1 saturated carbocycles.